The zero-order valence-corrected chi connectivity index (χ0v) is 9.20. The molecule has 0 unspecified atom stereocenters. The molecule has 1 heterocycles. The first kappa shape index (κ1) is 11.7. The third kappa shape index (κ3) is 2.79. The molecule has 5 heteroatoms. The lowest BCUT2D eigenvalue weighted by molar-refractivity contribution is -0.116. The minimum Gasteiger partial charge on any atom is -0.395 e. The maximum Gasteiger partial charge on any atom is 0.231 e. The van der Waals surface area contributed by atoms with Gasteiger partial charge in [-0.3, -0.25) is 10.1 Å². The number of nitrogens with one attached hydrogen (secondary N) is 1. The van der Waals surface area contributed by atoms with Crippen molar-refractivity contribution in [3.05, 3.63) is 11.8 Å². The highest BCUT2D eigenvalue weighted by atomic mass is 16.5. The largest absolute Gasteiger partial charge is 0.395 e. The average Bonchev–Trinajstić information content (AvgIpc) is 2.66. The summed E-state index contributed by atoms with van der Waals surface area (Å²) in [5.41, 5.74) is 0.162. The fourth-order valence-electron chi connectivity index (χ4n) is 0.960. The molecule has 0 bridgehead atoms. The first-order chi connectivity index (χ1) is 6.99. The summed E-state index contributed by atoms with van der Waals surface area (Å²) >= 11 is 0. The summed E-state index contributed by atoms with van der Waals surface area (Å²) in [6, 6.07) is 1.63. The van der Waals surface area contributed by atoms with Gasteiger partial charge >= 0.3 is 0 Å². The van der Waals surface area contributed by atoms with Crippen LogP contribution in [0, 0.1) is 0 Å². The Hall–Kier alpha value is -1.36. The van der Waals surface area contributed by atoms with Crippen molar-refractivity contribution in [1.29, 1.82) is 0 Å². The molecule has 2 N–H and O–H groups in total. The predicted molar refractivity (Wildman–Crippen MR) is 55.5 cm³/mol. The number of nitrogens with zero attached hydrogens (tertiary/aromatic N) is 1. The maximum atomic E-state index is 11.1. The maximum absolute atomic E-state index is 11.1. The Balaban J connectivity index is 2.76. The van der Waals surface area contributed by atoms with E-state index >= 15 is 0 Å². The molecule has 0 aliphatic carbocycles. The van der Waals surface area contributed by atoms with Crippen molar-refractivity contribution in [3.8, 4) is 0 Å². The molecule has 0 saturated carbocycles. The molecule has 0 aromatic carbocycles. The van der Waals surface area contributed by atoms with Crippen molar-refractivity contribution in [1.82, 2.24) is 5.16 Å². The van der Waals surface area contributed by atoms with Gasteiger partial charge in [0.25, 0.3) is 0 Å². The van der Waals surface area contributed by atoms with Gasteiger partial charge in [0.2, 0.25) is 11.8 Å². The monoisotopic (exact) mass is 212 g/mol. The summed E-state index contributed by atoms with van der Waals surface area (Å²) in [5, 5.41) is 15.5. The second-order valence-electron chi connectivity index (χ2n) is 4.02. The van der Waals surface area contributed by atoms with Crippen molar-refractivity contribution >= 4 is 11.8 Å². The van der Waals surface area contributed by atoms with Crippen LogP contribution < -0.4 is 5.32 Å². The molecule has 0 saturated heterocycles. The lowest BCUT2D eigenvalue weighted by Crippen LogP contribution is -2.22. The lowest BCUT2D eigenvalue weighted by atomic mass is 9.91. The second kappa shape index (κ2) is 4.44. The van der Waals surface area contributed by atoms with Gasteiger partial charge in [0.1, 0.15) is 0 Å². The third-order valence-electron chi connectivity index (χ3n) is 2.18. The van der Waals surface area contributed by atoms with Crippen LogP contribution in [0.1, 0.15) is 32.9 Å². The minimum absolute atomic E-state index is 0.0271. The molecule has 15 heavy (non-hydrogen) atoms. The van der Waals surface area contributed by atoms with E-state index in [2.05, 4.69) is 10.5 Å². The van der Waals surface area contributed by atoms with Crippen LogP contribution >= 0.6 is 0 Å². The molecule has 1 aromatic heterocycles. The molecular formula is C10H16N2O3. The summed E-state index contributed by atoms with van der Waals surface area (Å²) in [7, 11) is 0. The normalized spacial score (nSPS) is 11.5. The number of aromatic nitrogens is 1. The van der Waals surface area contributed by atoms with Crippen LogP contribution in [0.15, 0.2) is 10.6 Å². The van der Waals surface area contributed by atoms with Gasteiger partial charge in [-0.2, -0.15) is 0 Å². The summed E-state index contributed by atoms with van der Waals surface area (Å²) < 4.78 is 4.93. The van der Waals surface area contributed by atoms with Gasteiger partial charge in [-0.1, -0.05) is 25.9 Å². The average molecular weight is 212 g/mol. The van der Waals surface area contributed by atoms with Crippen LogP contribution in [0.5, 0.6) is 0 Å². The van der Waals surface area contributed by atoms with Crippen molar-refractivity contribution in [2.45, 2.75) is 32.6 Å². The Morgan fingerprint density at radius 3 is 2.87 bits per heavy atom. The fraction of sp³-hybridized carbons (Fsp3) is 0.600. The van der Waals surface area contributed by atoms with Gasteiger partial charge < -0.3 is 9.63 Å². The molecule has 0 spiro atoms. The SMILES string of the molecule is CCC(=O)Nc1cc(C(C)(C)CO)no1. The van der Waals surface area contributed by atoms with Crippen LogP contribution in [-0.4, -0.2) is 22.8 Å². The van der Waals surface area contributed by atoms with Crippen LogP contribution in [-0.2, 0) is 10.2 Å². The Bertz CT molecular complexity index is 344. The molecule has 0 atom stereocenters. The Morgan fingerprint density at radius 2 is 2.33 bits per heavy atom. The van der Waals surface area contributed by atoms with E-state index in [0.717, 1.165) is 0 Å². The number of rotatable bonds is 4. The highest BCUT2D eigenvalue weighted by molar-refractivity contribution is 5.89. The molecule has 1 rings (SSSR count). The van der Waals surface area contributed by atoms with E-state index in [4.69, 9.17) is 9.63 Å². The molecule has 0 aliphatic rings. The van der Waals surface area contributed by atoms with Gasteiger partial charge in [-0.05, 0) is 0 Å². The summed E-state index contributed by atoms with van der Waals surface area (Å²) in [6.07, 6.45) is 0.388. The Morgan fingerprint density at radius 1 is 1.67 bits per heavy atom. The van der Waals surface area contributed by atoms with E-state index in [9.17, 15) is 4.79 Å². The van der Waals surface area contributed by atoms with Crippen molar-refractivity contribution in [2.24, 2.45) is 0 Å². The molecule has 0 fully saturated rings. The Labute approximate surface area is 88.5 Å². The van der Waals surface area contributed by atoms with Gasteiger partial charge in [0.15, 0.2) is 0 Å². The number of carbonyl (C=O) groups is 1. The summed E-state index contributed by atoms with van der Waals surface area (Å²) in [4.78, 5) is 11.1. The standard InChI is InChI=1S/C10H16N2O3/c1-4-8(14)11-9-5-7(12-15-9)10(2,3)6-13/h5,13H,4,6H2,1-3H3,(H,11,14). The van der Waals surface area contributed by atoms with Crippen LogP contribution in [0.25, 0.3) is 0 Å². The van der Waals surface area contributed by atoms with Crippen LogP contribution in [0.4, 0.5) is 5.88 Å². The molecule has 5 nitrogen and oxygen atoms in total. The zero-order valence-electron chi connectivity index (χ0n) is 9.20. The first-order valence-electron chi connectivity index (χ1n) is 4.87. The first-order valence-corrected chi connectivity index (χ1v) is 4.87. The molecular weight excluding hydrogens is 196 g/mol. The fourth-order valence-corrected chi connectivity index (χ4v) is 0.960. The van der Waals surface area contributed by atoms with Crippen LogP contribution in [0.3, 0.4) is 0 Å². The number of carbonyl (C=O) groups excluding carboxylic acids is 1. The number of hydrogen-bond acceptors (Lipinski definition) is 4. The quantitative estimate of drug-likeness (QED) is 0.788. The van der Waals surface area contributed by atoms with Gasteiger partial charge in [0.05, 0.1) is 12.3 Å². The van der Waals surface area contributed by atoms with Gasteiger partial charge in [-0.25, -0.2) is 0 Å². The number of anilines is 1. The van der Waals surface area contributed by atoms with E-state index in [1.165, 1.54) is 0 Å². The highest BCUT2D eigenvalue weighted by Crippen LogP contribution is 2.23. The number of aliphatic hydroxyl groups excluding tert-OH is 1. The van der Waals surface area contributed by atoms with E-state index in [0.29, 0.717) is 18.0 Å². The van der Waals surface area contributed by atoms with Crippen molar-refractivity contribution in [2.75, 3.05) is 11.9 Å². The molecule has 84 valence electrons. The minimum atomic E-state index is -0.460. The van der Waals surface area contributed by atoms with E-state index < -0.39 is 5.41 Å². The highest BCUT2D eigenvalue weighted by Gasteiger charge is 2.24. The van der Waals surface area contributed by atoms with E-state index in [-0.39, 0.29) is 12.5 Å². The van der Waals surface area contributed by atoms with Gasteiger partial charge in [-0.15, -0.1) is 0 Å². The second-order valence-corrected chi connectivity index (χ2v) is 4.02. The van der Waals surface area contributed by atoms with Crippen LogP contribution in [0.2, 0.25) is 0 Å². The van der Waals surface area contributed by atoms with E-state index in [1.54, 1.807) is 13.0 Å². The summed E-state index contributed by atoms with van der Waals surface area (Å²) in [6.45, 7) is 5.41. The molecule has 1 aromatic rings. The molecule has 1 amide bonds. The predicted octanol–water partition coefficient (Wildman–Crippen LogP) is 1.29. The summed E-state index contributed by atoms with van der Waals surface area (Å²) in [5.74, 6) is 0.192. The van der Waals surface area contributed by atoms with E-state index in [1.807, 2.05) is 13.8 Å². The molecule has 0 radical (unpaired) electrons. The number of amides is 1. The Kier molecular flexibility index (Phi) is 3.47. The number of aliphatic hydroxyl groups is 1. The van der Waals surface area contributed by atoms with Gasteiger partial charge in [0, 0.05) is 17.9 Å². The topological polar surface area (TPSA) is 75.4 Å². The van der Waals surface area contributed by atoms with Crippen molar-refractivity contribution < 1.29 is 14.4 Å². The lowest BCUT2D eigenvalue weighted by Gasteiger charge is -2.16. The smallest absolute Gasteiger partial charge is 0.231 e. The zero-order chi connectivity index (χ0) is 11.5. The number of hydrogen-bond donors (Lipinski definition) is 2. The molecule has 0 aliphatic heterocycles. The van der Waals surface area contributed by atoms with Crippen molar-refractivity contribution in [3.63, 3.8) is 0 Å². The third-order valence-corrected chi connectivity index (χ3v) is 2.18.